The van der Waals surface area contributed by atoms with Crippen molar-refractivity contribution >= 4 is 17.4 Å². The van der Waals surface area contributed by atoms with Gasteiger partial charge in [-0.05, 0) is 37.8 Å². The monoisotopic (exact) mass is 265 g/mol. The molecule has 98 valence electrons. The maximum absolute atomic E-state index is 12.3. The number of hydrogen-bond acceptors (Lipinski definition) is 2. The van der Waals surface area contributed by atoms with Crippen LogP contribution in [0.1, 0.15) is 37.0 Å². The molecule has 1 aromatic carbocycles. The van der Waals surface area contributed by atoms with Crippen molar-refractivity contribution in [2.45, 2.75) is 32.7 Å². The van der Waals surface area contributed by atoms with Gasteiger partial charge in [-0.1, -0.05) is 30.7 Å². The van der Waals surface area contributed by atoms with E-state index in [9.17, 15) is 4.79 Å². The van der Waals surface area contributed by atoms with Gasteiger partial charge < -0.3 is 0 Å². The van der Waals surface area contributed by atoms with Crippen molar-refractivity contribution in [1.29, 1.82) is 0 Å². The number of ketones is 1. The summed E-state index contributed by atoms with van der Waals surface area (Å²) >= 11 is 6.06. The lowest BCUT2D eigenvalue weighted by molar-refractivity contribution is 0.0805. The molecule has 1 aromatic rings. The number of nitrogens with zero attached hydrogens (tertiary/aromatic N) is 1. The molecule has 3 heteroatoms. The fraction of sp³-hybridized carbons (Fsp3) is 0.533. The first-order valence-corrected chi connectivity index (χ1v) is 6.97. The van der Waals surface area contributed by atoms with Crippen LogP contribution in [0, 0.1) is 5.92 Å². The minimum atomic E-state index is 0.126. The van der Waals surface area contributed by atoms with Crippen molar-refractivity contribution in [2.24, 2.45) is 5.92 Å². The van der Waals surface area contributed by atoms with E-state index < -0.39 is 0 Å². The normalized spacial score (nSPS) is 25.1. The van der Waals surface area contributed by atoms with E-state index in [0.717, 1.165) is 6.54 Å². The highest BCUT2D eigenvalue weighted by Gasteiger charge is 2.25. The van der Waals surface area contributed by atoms with Gasteiger partial charge in [-0.2, -0.15) is 0 Å². The van der Waals surface area contributed by atoms with Gasteiger partial charge in [0.05, 0.1) is 11.6 Å². The highest BCUT2D eigenvalue weighted by atomic mass is 35.5. The minimum Gasteiger partial charge on any atom is -0.293 e. The zero-order valence-electron chi connectivity index (χ0n) is 11.0. The van der Waals surface area contributed by atoms with Gasteiger partial charge >= 0.3 is 0 Å². The lowest BCUT2D eigenvalue weighted by Crippen LogP contribution is -2.43. The second kappa shape index (κ2) is 5.85. The molecule has 0 saturated carbocycles. The Balaban J connectivity index is 2.05. The molecule has 1 aliphatic rings. The van der Waals surface area contributed by atoms with E-state index >= 15 is 0 Å². The minimum absolute atomic E-state index is 0.126. The molecule has 1 heterocycles. The smallest absolute Gasteiger partial charge is 0.178 e. The fourth-order valence-electron chi connectivity index (χ4n) is 2.56. The van der Waals surface area contributed by atoms with Crippen molar-refractivity contribution in [1.82, 2.24) is 4.90 Å². The molecule has 18 heavy (non-hydrogen) atoms. The molecule has 1 aliphatic heterocycles. The third kappa shape index (κ3) is 3.12. The number of Topliss-reactive ketones (excluding diaryl/α,β-unsaturated/α-hetero) is 1. The Morgan fingerprint density at radius 2 is 2.06 bits per heavy atom. The summed E-state index contributed by atoms with van der Waals surface area (Å²) in [5, 5.41) is 0.556. The summed E-state index contributed by atoms with van der Waals surface area (Å²) in [6.07, 6.45) is 2.44. The van der Waals surface area contributed by atoms with E-state index in [1.807, 2.05) is 18.2 Å². The van der Waals surface area contributed by atoms with Crippen LogP contribution in [-0.4, -0.2) is 29.8 Å². The largest absolute Gasteiger partial charge is 0.293 e. The molecule has 0 amide bonds. The summed E-state index contributed by atoms with van der Waals surface area (Å²) in [7, 11) is 0. The summed E-state index contributed by atoms with van der Waals surface area (Å²) in [5.41, 5.74) is 0.643. The maximum Gasteiger partial charge on any atom is 0.178 e. The van der Waals surface area contributed by atoms with Crippen LogP contribution in [-0.2, 0) is 0 Å². The Morgan fingerprint density at radius 1 is 1.33 bits per heavy atom. The van der Waals surface area contributed by atoms with Gasteiger partial charge in [0.25, 0.3) is 0 Å². The maximum atomic E-state index is 12.3. The number of rotatable bonds is 3. The predicted molar refractivity (Wildman–Crippen MR) is 75.2 cm³/mol. The molecule has 2 atom stereocenters. The Labute approximate surface area is 114 Å². The van der Waals surface area contributed by atoms with Gasteiger partial charge in [0, 0.05) is 18.2 Å². The molecular formula is C15H20ClNO. The molecule has 0 spiro atoms. The Bertz CT molecular complexity index is 432. The number of likely N-dealkylation sites (tertiary alicyclic amines) is 1. The van der Waals surface area contributed by atoms with Crippen molar-refractivity contribution in [2.75, 3.05) is 13.1 Å². The number of halogens is 1. The summed E-state index contributed by atoms with van der Waals surface area (Å²) in [4.78, 5) is 14.5. The predicted octanol–water partition coefficient (Wildman–Crippen LogP) is 3.64. The summed E-state index contributed by atoms with van der Waals surface area (Å²) in [6, 6.07) is 7.79. The van der Waals surface area contributed by atoms with Gasteiger partial charge in [0.1, 0.15) is 0 Å². The molecular weight excluding hydrogens is 246 g/mol. The lowest BCUT2D eigenvalue weighted by atomic mass is 9.94. The molecule has 2 nitrogen and oxygen atoms in total. The molecule has 2 unspecified atom stereocenters. The van der Waals surface area contributed by atoms with Crippen LogP contribution in [0.15, 0.2) is 24.3 Å². The summed E-state index contributed by atoms with van der Waals surface area (Å²) in [5.74, 6) is 0.807. The molecule has 1 fully saturated rings. The van der Waals surface area contributed by atoms with E-state index in [4.69, 9.17) is 11.6 Å². The van der Waals surface area contributed by atoms with Crippen LogP contribution in [0.25, 0.3) is 0 Å². The van der Waals surface area contributed by atoms with E-state index in [1.165, 1.54) is 12.8 Å². The lowest BCUT2D eigenvalue weighted by Gasteiger charge is -2.36. The van der Waals surface area contributed by atoms with Crippen molar-refractivity contribution in [3.05, 3.63) is 34.9 Å². The number of piperidine rings is 1. The zero-order valence-corrected chi connectivity index (χ0v) is 11.8. The number of carbonyl (C=O) groups excluding carboxylic acids is 1. The average molecular weight is 266 g/mol. The Morgan fingerprint density at radius 3 is 2.78 bits per heavy atom. The van der Waals surface area contributed by atoms with Crippen LogP contribution in [0.5, 0.6) is 0 Å². The van der Waals surface area contributed by atoms with Crippen molar-refractivity contribution in [3.8, 4) is 0 Å². The van der Waals surface area contributed by atoms with Crippen LogP contribution in [0.3, 0.4) is 0 Å². The molecule has 1 saturated heterocycles. The van der Waals surface area contributed by atoms with Crippen LogP contribution in [0.4, 0.5) is 0 Å². The van der Waals surface area contributed by atoms with E-state index in [-0.39, 0.29) is 5.78 Å². The third-order valence-corrected chi connectivity index (χ3v) is 4.10. The molecule has 0 bridgehead atoms. The van der Waals surface area contributed by atoms with E-state index in [0.29, 0.717) is 29.1 Å². The third-order valence-electron chi connectivity index (χ3n) is 3.77. The molecule has 0 radical (unpaired) electrons. The van der Waals surface area contributed by atoms with Crippen LogP contribution >= 0.6 is 11.6 Å². The average Bonchev–Trinajstić information content (AvgIpc) is 2.34. The second-order valence-corrected chi connectivity index (χ2v) is 5.77. The van der Waals surface area contributed by atoms with Crippen LogP contribution in [0.2, 0.25) is 5.02 Å². The molecule has 0 N–H and O–H groups in total. The summed E-state index contributed by atoms with van der Waals surface area (Å²) in [6.45, 7) is 5.94. The summed E-state index contributed by atoms with van der Waals surface area (Å²) < 4.78 is 0. The first-order valence-electron chi connectivity index (χ1n) is 6.59. The first kappa shape index (κ1) is 13.6. The van der Waals surface area contributed by atoms with Gasteiger partial charge in [-0.15, -0.1) is 0 Å². The number of hydrogen-bond donors (Lipinski definition) is 0. The highest BCUT2D eigenvalue weighted by Crippen LogP contribution is 2.22. The SMILES string of the molecule is CC1CCC(C)N(CC(=O)c2ccccc2Cl)C1. The standard InChI is InChI=1S/C15H20ClNO/c1-11-7-8-12(2)17(9-11)10-15(18)13-5-3-4-6-14(13)16/h3-6,11-12H,7-10H2,1-2H3. The van der Waals surface area contributed by atoms with Gasteiger partial charge in [-0.3, -0.25) is 9.69 Å². The number of benzene rings is 1. The van der Waals surface area contributed by atoms with E-state index in [1.54, 1.807) is 6.07 Å². The Hall–Kier alpha value is -0.860. The van der Waals surface area contributed by atoms with Crippen LogP contribution < -0.4 is 0 Å². The topological polar surface area (TPSA) is 20.3 Å². The van der Waals surface area contributed by atoms with Gasteiger partial charge in [0.15, 0.2) is 5.78 Å². The van der Waals surface area contributed by atoms with Gasteiger partial charge in [0.2, 0.25) is 0 Å². The molecule has 0 aliphatic carbocycles. The Kier molecular flexibility index (Phi) is 4.41. The molecule has 0 aromatic heterocycles. The molecule has 2 rings (SSSR count). The zero-order chi connectivity index (χ0) is 13.1. The van der Waals surface area contributed by atoms with Gasteiger partial charge in [-0.25, -0.2) is 0 Å². The van der Waals surface area contributed by atoms with Crippen molar-refractivity contribution in [3.63, 3.8) is 0 Å². The highest BCUT2D eigenvalue weighted by molar-refractivity contribution is 6.34. The first-order chi connectivity index (χ1) is 8.58. The van der Waals surface area contributed by atoms with Crippen molar-refractivity contribution < 1.29 is 4.79 Å². The second-order valence-electron chi connectivity index (χ2n) is 5.36. The number of carbonyl (C=O) groups is 1. The van der Waals surface area contributed by atoms with E-state index in [2.05, 4.69) is 18.7 Å². The fourth-order valence-corrected chi connectivity index (χ4v) is 2.80. The quantitative estimate of drug-likeness (QED) is 0.778.